The van der Waals surface area contributed by atoms with Gasteiger partial charge in [-0.05, 0) is 62.4 Å². The van der Waals surface area contributed by atoms with E-state index in [4.69, 9.17) is 0 Å². The molecule has 0 bridgehead atoms. The van der Waals surface area contributed by atoms with Crippen LogP contribution in [-0.4, -0.2) is 12.8 Å². The number of nitrogens with zero attached hydrogens (tertiary/aromatic N) is 1. The summed E-state index contributed by atoms with van der Waals surface area (Å²) >= 11 is 0. The van der Waals surface area contributed by atoms with Crippen molar-refractivity contribution in [2.75, 3.05) is 6.61 Å². The van der Waals surface area contributed by atoms with E-state index >= 15 is 0 Å². The van der Waals surface area contributed by atoms with Gasteiger partial charge in [0.25, 0.3) is 0 Å². The molecule has 0 unspecified atom stereocenters. The maximum atomic E-state index is 4.51. The van der Waals surface area contributed by atoms with Crippen molar-refractivity contribution in [2.24, 2.45) is 5.16 Å². The number of benzene rings is 3. The Labute approximate surface area is 152 Å². The van der Waals surface area contributed by atoms with Gasteiger partial charge in [-0.25, -0.2) is 0 Å². The Morgan fingerprint density at radius 3 is 2.31 bits per heavy atom. The van der Waals surface area contributed by atoms with Crippen LogP contribution in [-0.2, 0) is 11.3 Å². The van der Waals surface area contributed by atoms with Gasteiger partial charge in [-0.2, -0.15) is 0 Å². The van der Waals surface area contributed by atoms with Crippen LogP contribution in [0.4, 0.5) is 0 Å². The predicted octanol–water partition coefficient (Wildman–Crippen LogP) is 3.62. The van der Waals surface area contributed by atoms with E-state index in [-0.39, 0.29) is 0 Å². The van der Waals surface area contributed by atoms with Gasteiger partial charge in [-0.3, -0.25) is 0 Å². The Hall–Kier alpha value is -3.13. The first-order valence-electron chi connectivity index (χ1n) is 9.06. The SMILES string of the molecule is C1=NOCC1.C1=c2c(ccc3c2=Cc2ccccc2-3)Cc2ccccc21. The van der Waals surface area contributed by atoms with Gasteiger partial charge >= 0.3 is 0 Å². The minimum Gasteiger partial charge on any atom is -0.396 e. The first kappa shape index (κ1) is 15.2. The summed E-state index contributed by atoms with van der Waals surface area (Å²) in [5.41, 5.74) is 8.32. The zero-order valence-corrected chi connectivity index (χ0v) is 14.5. The number of rotatable bonds is 0. The van der Waals surface area contributed by atoms with Gasteiger partial charge in [0.1, 0.15) is 6.61 Å². The molecule has 0 amide bonds. The second-order valence-electron chi connectivity index (χ2n) is 6.76. The Morgan fingerprint density at radius 2 is 1.50 bits per heavy atom. The van der Waals surface area contributed by atoms with Crippen molar-refractivity contribution in [3.05, 3.63) is 93.4 Å². The third-order valence-electron chi connectivity index (χ3n) is 5.15. The van der Waals surface area contributed by atoms with Crippen LogP contribution < -0.4 is 10.4 Å². The van der Waals surface area contributed by atoms with Crippen LogP contribution in [0.25, 0.3) is 23.3 Å². The van der Waals surface area contributed by atoms with Crippen LogP contribution in [0, 0.1) is 0 Å². The molecule has 0 spiro atoms. The number of hydrogen-bond donors (Lipinski definition) is 0. The summed E-state index contributed by atoms with van der Waals surface area (Å²) < 4.78 is 0. The molecule has 126 valence electrons. The van der Waals surface area contributed by atoms with Crippen molar-refractivity contribution in [3.63, 3.8) is 0 Å². The lowest BCUT2D eigenvalue weighted by Crippen LogP contribution is -2.31. The summed E-state index contributed by atoms with van der Waals surface area (Å²) in [7, 11) is 0. The first-order chi connectivity index (χ1) is 12.9. The molecule has 0 fully saturated rings. The summed E-state index contributed by atoms with van der Waals surface area (Å²) in [5, 5.41) is 6.26. The average Bonchev–Trinajstić information content (AvgIpc) is 3.38. The smallest absolute Gasteiger partial charge is 0.122 e. The van der Waals surface area contributed by atoms with Gasteiger partial charge in [-0.1, -0.05) is 65.8 Å². The van der Waals surface area contributed by atoms with Crippen LogP contribution >= 0.6 is 0 Å². The molecule has 3 aromatic carbocycles. The normalized spacial score (nSPS) is 14.5. The minimum absolute atomic E-state index is 0.778. The summed E-state index contributed by atoms with van der Waals surface area (Å²) in [6, 6.07) is 22.0. The Kier molecular flexibility index (Phi) is 3.67. The minimum atomic E-state index is 0.778. The highest BCUT2D eigenvalue weighted by Crippen LogP contribution is 2.26. The Balaban J connectivity index is 0.000000262. The number of hydrogen-bond acceptors (Lipinski definition) is 2. The quantitative estimate of drug-likeness (QED) is 0.423. The second-order valence-corrected chi connectivity index (χ2v) is 6.76. The fraction of sp³-hybridized carbons (Fsp3) is 0.125. The van der Waals surface area contributed by atoms with Crippen molar-refractivity contribution in [1.29, 1.82) is 0 Å². The summed E-state index contributed by atoms with van der Waals surface area (Å²) in [6.07, 6.45) is 8.49. The highest BCUT2D eigenvalue weighted by atomic mass is 16.6. The molecule has 26 heavy (non-hydrogen) atoms. The lowest BCUT2D eigenvalue weighted by Gasteiger charge is -2.14. The molecule has 2 aliphatic carbocycles. The second kappa shape index (κ2) is 6.30. The molecule has 3 aliphatic rings. The van der Waals surface area contributed by atoms with E-state index in [0.717, 1.165) is 19.4 Å². The van der Waals surface area contributed by atoms with Crippen LogP contribution in [0.2, 0.25) is 0 Å². The molecule has 0 saturated heterocycles. The van der Waals surface area contributed by atoms with Crippen LogP contribution in [0.3, 0.4) is 0 Å². The summed E-state index contributed by atoms with van der Waals surface area (Å²) in [5.74, 6) is 0. The maximum Gasteiger partial charge on any atom is 0.122 e. The predicted molar refractivity (Wildman–Crippen MR) is 107 cm³/mol. The van der Waals surface area contributed by atoms with E-state index in [1.165, 1.54) is 43.8 Å². The molecule has 0 N–H and O–H groups in total. The standard InChI is InChI=1S/C21H14.C3H5NO/c1-2-6-15-12-20-17(11-14(15)5-1)9-10-19-18-8-4-3-7-16(18)13-21(19)20;1-2-4-5-3-1/h1-10,12-13H,11H2;2H,1,3H2. The van der Waals surface area contributed by atoms with Gasteiger partial charge in [0, 0.05) is 12.6 Å². The van der Waals surface area contributed by atoms with Crippen LogP contribution in [0.15, 0.2) is 65.8 Å². The van der Waals surface area contributed by atoms with Crippen LogP contribution in [0.5, 0.6) is 0 Å². The van der Waals surface area contributed by atoms with Gasteiger partial charge < -0.3 is 4.84 Å². The lowest BCUT2D eigenvalue weighted by molar-refractivity contribution is 0.174. The van der Waals surface area contributed by atoms with Crippen LogP contribution in [0.1, 0.15) is 28.7 Å². The topological polar surface area (TPSA) is 21.6 Å². The molecular weight excluding hydrogens is 318 g/mol. The van der Waals surface area contributed by atoms with Crippen molar-refractivity contribution in [1.82, 2.24) is 0 Å². The molecule has 6 rings (SSSR count). The molecule has 1 heterocycles. The lowest BCUT2D eigenvalue weighted by atomic mass is 9.90. The first-order valence-corrected chi connectivity index (χ1v) is 9.06. The highest BCUT2D eigenvalue weighted by Gasteiger charge is 2.16. The zero-order valence-electron chi connectivity index (χ0n) is 14.5. The third-order valence-corrected chi connectivity index (χ3v) is 5.15. The van der Waals surface area contributed by atoms with E-state index in [0.29, 0.717) is 0 Å². The van der Waals surface area contributed by atoms with Gasteiger partial charge in [0.15, 0.2) is 0 Å². The monoisotopic (exact) mass is 337 g/mol. The fourth-order valence-corrected chi connectivity index (χ4v) is 3.88. The van der Waals surface area contributed by atoms with Crippen molar-refractivity contribution in [2.45, 2.75) is 12.8 Å². The van der Waals surface area contributed by atoms with Gasteiger partial charge in [0.05, 0.1) is 0 Å². The van der Waals surface area contributed by atoms with E-state index in [2.05, 4.69) is 82.8 Å². The summed E-state index contributed by atoms with van der Waals surface area (Å²) in [4.78, 5) is 4.51. The Morgan fingerprint density at radius 1 is 0.692 bits per heavy atom. The maximum absolute atomic E-state index is 4.51. The van der Waals surface area contributed by atoms with Crippen molar-refractivity contribution in [3.8, 4) is 11.1 Å². The number of oxime groups is 1. The zero-order chi connectivity index (χ0) is 17.3. The molecule has 0 radical (unpaired) electrons. The molecule has 0 saturated carbocycles. The fourth-order valence-electron chi connectivity index (χ4n) is 3.88. The number of fused-ring (bicyclic) bond motifs is 6. The highest BCUT2D eigenvalue weighted by molar-refractivity contribution is 5.83. The van der Waals surface area contributed by atoms with Crippen molar-refractivity contribution >= 4 is 18.4 Å². The molecule has 2 nitrogen and oxygen atoms in total. The molecule has 0 atom stereocenters. The van der Waals surface area contributed by atoms with E-state index < -0.39 is 0 Å². The van der Waals surface area contributed by atoms with E-state index in [1.54, 1.807) is 6.21 Å². The van der Waals surface area contributed by atoms with E-state index in [1.807, 2.05) is 0 Å². The third kappa shape index (κ3) is 2.55. The molecule has 0 aromatic heterocycles. The Bertz CT molecular complexity index is 1140. The van der Waals surface area contributed by atoms with Gasteiger partial charge in [-0.15, -0.1) is 0 Å². The average molecular weight is 337 g/mol. The molecule has 3 aromatic rings. The molecule has 1 aliphatic heterocycles. The van der Waals surface area contributed by atoms with Crippen molar-refractivity contribution < 1.29 is 4.84 Å². The molecular formula is C24H19NO. The summed E-state index contributed by atoms with van der Waals surface area (Å²) in [6.45, 7) is 0.778. The van der Waals surface area contributed by atoms with Gasteiger partial charge in [0.2, 0.25) is 0 Å². The van der Waals surface area contributed by atoms with E-state index in [9.17, 15) is 0 Å². The largest absolute Gasteiger partial charge is 0.396 e. The molecule has 2 heteroatoms.